The molecule has 0 spiro atoms. The lowest BCUT2D eigenvalue weighted by atomic mass is 10.0. The van der Waals surface area contributed by atoms with Gasteiger partial charge in [0.2, 0.25) is 11.8 Å². The molecule has 9 heteroatoms. The molecule has 2 aromatic heterocycles. The Morgan fingerprint density at radius 3 is 2.67 bits per heavy atom. The lowest BCUT2D eigenvalue weighted by molar-refractivity contribution is 0.558. The van der Waals surface area contributed by atoms with E-state index < -0.39 is 0 Å². The molecule has 33 heavy (non-hydrogen) atoms. The van der Waals surface area contributed by atoms with Crippen molar-refractivity contribution in [1.82, 2.24) is 30.2 Å². The van der Waals surface area contributed by atoms with Crippen LogP contribution in [0.2, 0.25) is 0 Å². The minimum absolute atomic E-state index is 0.00933. The van der Waals surface area contributed by atoms with Crippen LogP contribution in [0.5, 0.6) is 0 Å². The Hall–Kier alpha value is -3.75. The molecular weight excluding hydrogens is 416 g/mol. The van der Waals surface area contributed by atoms with Gasteiger partial charge in [0.05, 0.1) is 16.9 Å². The molecule has 0 bridgehead atoms. The first-order valence-electron chi connectivity index (χ1n) is 11.4. The number of aryl methyl sites for hydroxylation is 1. The molecule has 1 aliphatic heterocycles. The molecule has 9 nitrogen and oxygen atoms in total. The fourth-order valence-corrected chi connectivity index (χ4v) is 4.64. The summed E-state index contributed by atoms with van der Waals surface area (Å²) in [4.78, 5) is 20.6. The number of rotatable bonds is 5. The molecule has 1 unspecified atom stereocenters. The summed E-state index contributed by atoms with van der Waals surface area (Å²) >= 11 is 0. The lowest BCUT2D eigenvalue weighted by Gasteiger charge is -2.29. The number of fused-ring (bicyclic) bond motifs is 1. The zero-order valence-corrected chi connectivity index (χ0v) is 19.2. The van der Waals surface area contributed by atoms with Crippen molar-refractivity contribution in [3.05, 3.63) is 57.9 Å². The Bertz CT molecular complexity index is 1340. The smallest absolute Gasteiger partial charge is 0.262 e. The number of nitrogens with zero attached hydrogens (tertiary/aromatic N) is 6. The molecule has 1 atom stereocenters. The van der Waals surface area contributed by atoms with Gasteiger partial charge in [-0.25, -0.2) is 4.98 Å². The number of benzene rings is 2. The van der Waals surface area contributed by atoms with Crippen LogP contribution in [0.15, 0.2) is 41.2 Å². The standard InChI is InChI=1S/C24H28N8O/c1-15-13-18(16(2)25-20-10-6-5-9-17(20)22-27-29-30-28-22)21-19(14-15)23(33)31(3)24(26-21)32-11-7-4-8-12-32/h5-6,9-10,13-14,16,25H,4,7-8,11-12H2,1-3H3,(H,27,28,29,30). The predicted molar refractivity (Wildman–Crippen MR) is 129 cm³/mol. The summed E-state index contributed by atoms with van der Waals surface area (Å²) in [5.41, 5.74) is 4.51. The number of anilines is 2. The van der Waals surface area contributed by atoms with Crippen LogP contribution in [-0.4, -0.2) is 43.3 Å². The number of para-hydroxylation sites is 1. The second kappa shape index (κ2) is 8.65. The van der Waals surface area contributed by atoms with E-state index in [2.05, 4.69) is 43.8 Å². The average Bonchev–Trinajstić information content (AvgIpc) is 3.37. The Kier molecular flexibility index (Phi) is 5.53. The number of aromatic nitrogens is 6. The number of piperidine rings is 1. The second-order valence-electron chi connectivity index (χ2n) is 8.72. The highest BCUT2D eigenvalue weighted by Gasteiger charge is 2.21. The van der Waals surface area contributed by atoms with Crippen molar-refractivity contribution < 1.29 is 0 Å². The van der Waals surface area contributed by atoms with E-state index in [0.29, 0.717) is 11.2 Å². The van der Waals surface area contributed by atoms with Crippen LogP contribution < -0.4 is 15.8 Å². The molecular formula is C24H28N8O. The lowest BCUT2D eigenvalue weighted by Crippen LogP contribution is -2.35. The van der Waals surface area contributed by atoms with Gasteiger partial charge in [-0.3, -0.25) is 9.36 Å². The maximum absolute atomic E-state index is 13.3. The molecule has 0 aliphatic carbocycles. The van der Waals surface area contributed by atoms with Gasteiger partial charge in [0.25, 0.3) is 5.56 Å². The van der Waals surface area contributed by atoms with Gasteiger partial charge in [0.1, 0.15) is 0 Å². The van der Waals surface area contributed by atoms with Gasteiger partial charge in [0, 0.05) is 37.0 Å². The third-order valence-corrected chi connectivity index (χ3v) is 6.32. The molecule has 170 valence electrons. The minimum atomic E-state index is -0.103. The largest absolute Gasteiger partial charge is 0.378 e. The topological polar surface area (TPSA) is 105 Å². The number of tetrazole rings is 1. The van der Waals surface area contributed by atoms with E-state index in [0.717, 1.165) is 59.8 Å². The second-order valence-corrected chi connectivity index (χ2v) is 8.72. The summed E-state index contributed by atoms with van der Waals surface area (Å²) in [6.45, 7) is 5.96. The Balaban J connectivity index is 1.59. The summed E-state index contributed by atoms with van der Waals surface area (Å²) in [5.74, 6) is 1.27. The van der Waals surface area contributed by atoms with Crippen molar-refractivity contribution in [3.8, 4) is 11.4 Å². The van der Waals surface area contributed by atoms with Gasteiger partial charge in [0.15, 0.2) is 0 Å². The predicted octanol–water partition coefficient (Wildman–Crippen LogP) is 3.59. The summed E-state index contributed by atoms with van der Waals surface area (Å²) in [7, 11) is 1.82. The van der Waals surface area contributed by atoms with Crippen LogP contribution in [0, 0.1) is 6.92 Å². The summed E-state index contributed by atoms with van der Waals surface area (Å²) in [6.07, 6.45) is 3.47. The zero-order valence-electron chi connectivity index (χ0n) is 19.2. The fraction of sp³-hybridized carbons (Fsp3) is 0.375. The summed E-state index contributed by atoms with van der Waals surface area (Å²) in [5, 5.41) is 18.7. The third-order valence-electron chi connectivity index (χ3n) is 6.32. The highest BCUT2D eigenvalue weighted by atomic mass is 16.1. The van der Waals surface area contributed by atoms with Crippen LogP contribution in [-0.2, 0) is 7.05 Å². The van der Waals surface area contributed by atoms with Crippen LogP contribution in [0.25, 0.3) is 22.3 Å². The summed E-state index contributed by atoms with van der Waals surface area (Å²) in [6, 6.07) is 11.8. The first-order valence-corrected chi connectivity index (χ1v) is 11.4. The van der Waals surface area contributed by atoms with E-state index in [-0.39, 0.29) is 11.6 Å². The fourth-order valence-electron chi connectivity index (χ4n) is 4.64. The number of nitrogens with one attached hydrogen (secondary N) is 2. The van der Waals surface area contributed by atoms with Gasteiger partial charge in [-0.15, -0.1) is 10.2 Å². The maximum atomic E-state index is 13.3. The third kappa shape index (κ3) is 3.94. The number of hydrogen-bond acceptors (Lipinski definition) is 7. The molecule has 1 saturated heterocycles. The average molecular weight is 445 g/mol. The first-order chi connectivity index (χ1) is 16.0. The summed E-state index contributed by atoms with van der Waals surface area (Å²) < 4.78 is 1.69. The van der Waals surface area contributed by atoms with Crippen LogP contribution in [0.3, 0.4) is 0 Å². The highest BCUT2D eigenvalue weighted by Crippen LogP contribution is 2.31. The number of hydrogen-bond donors (Lipinski definition) is 2. The molecule has 0 saturated carbocycles. The molecule has 0 amide bonds. The quantitative estimate of drug-likeness (QED) is 0.485. The Labute approximate surface area is 191 Å². The van der Waals surface area contributed by atoms with Gasteiger partial charge in [-0.05, 0) is 62.1 Å². The van der Waals surface area contributed by atoms with Crippen molar-refractivity contribution in [1.29, 1.82) is 0 Å². The van der Waals surface area contributed by atoms with E-state index >= 15 is 0 Å². The molecule has 2 aromatic carbocycles. The highest BCUT2D eigenvalue weighted by molar-refractivity contribution is 5.84. The SMILES string of the molecule is Cc1cc(C(C)Nc2ccccc2-c2nn[nH]n2)c2nc(N3CCCCC3)n(C)c(=O)c2c1. The molecule has 3 heterocycles. The number of H-pyrrole nitrogens is 1. The van der Waals surface area contributed by atoms with E-state index in [9.17, 15) is 4.79 Å². The Morgan fingerprint density at radius 1 is 1.12 bits per heavy atom. The van der Waals surface area contributed by atoms with Crippen LogP contribution in [0.1, 0.15) is 43.4 Å². The van der Waals surface area contributed by atoms with Crippen LogP contribution >= 0.6 is 0 Å². The van der Waals surface area contributed by atoms with E-state index in [4.69, 9.17) is 4.98 Å². The van der Waals surface area contributed by atoms with E-state index in [1.165, 1.54) is 6.42 Å². The van der Waals surface area contributed by atoms with Crippen molar-refractivity contribution in [2.45, 2.75) is 39.2 Å². The molecule has 2 N–H and O–H groups in total. The van der Waals surface area contributed by atoms with E-state index in [1.807, 2.05) is 44.3 Å². The van der Waals surface area contributed by atoms with Crippen molar-refractivity contribution in [2.24, 2.45) is 7.05 Å². The molecule has 1 aliphatic rings. The minimum Gasteiger partial charge on any atom is -0.378 e. The molecule has 5 rings (SSSR count). The zero-order chi connectivity index (χ0) is 22.9. The van der Waals surface area contributed by atoms with Gasteiger partial charge in [-0.1, -0.05) is 18.2 Å². The van der Waals surface area contributed by atoms with Crippen LogP contribution in [0.4, 0.5) is 11.6 Å². The van der Waals surface area contributed by atoms with E-state index in [1.54, 1.807) is 4.57 Å². The van der Waals surface area contributed by atoms with Crippen molar-refractivity contribution in [2.75, 3.05) is 23.3 Å². The van der Waals surface area contributed by atoms with Gasteiger partial charge in [-0.2, -0.15) is 5.21 Å². The Morgan fingerprint density at radius 2 is 1.91 bits per heavy atom. The normalized spacial score (nSPS) is 15.1. The van der Waals surface area contributed by atoms with Crippen molar-refractivity contribution in [3.63, 3.8) is 0 Å². The molecule has 1 fully saturated rings. The molecule has 0 radical (unpaired) electrons. The van der Waals surface area contributed by atoms with Gasteiger partial charge < -0.3 is 10.2 Å². The van der Waals surface area contributed by atoms with Crippen molar-refractivity contribution >= 4 is 22.5 Å². The number of aromatic amines is 1. The molecule has 4 aromatic rings. The monoisotopic (exact) mass is 444 g/mol. The maximum Gasteiger partial charge on any atom is 0.262 e. The van der Waals surface area contributed by atoms with Gasteiger partial charge >= 0.3 is 0 Å². The first kappa shape index (κ1) is 21.1.